The Morgan fingerprint density at radius 2 is 0.767 bits per heavy atom. The zero-order valence-electron chi connectivity index (χ0n) is 28.5. The van der Waals surface area contributed by atoms with E-state index in [0.717, 1.165) is 32.8 Å². The number of aromatic hydroxyl groups is 2. The molecular weight excluding hydrogens is 742 g/mol. The van der Waals surface area contributed by atoms with Crippen LogP contribution in [0.1, 0.15) is 154 Å². The Morgan fingerprint density at radius 3 is 1.09 bits per heavy atom. The molecule has 0 spiro atoms. The molecule has 0 aliphatic carbocycles. The van der Waals surface area contributed by atoms with Crippen molar-refractivity contribution >= 4 is 43.7 Å². The molecule has 0 aliphatic rings. The molecule has 5 heteroatoms. The molecule has 3 nitrogen and oxygen atoms in total. The molecule has 2 N–H and O–H groups in total. The van der Waals surface area contributed by atoms with Crippen molar-refractivity contribution in [3.63, 3.8) is 0 Å². The molecule has 0 heterocycles. The van der Waals surface area contributed by atoms with Gasteiger partial charge in [-0.1, -0.05) is 127 Å². The molecule has 0 fully saturated rings. The van der Waals surface area contributed by atoms with Crippen molar-refractivity contribution in [1.29, 1.82) is 0 Å². The minimum Gasteiger partial charge on any atom is 0 e. The van der Waals surface area contributed by atoms with Gasteiger partial charge in [0.15, 0.2) is 0 Å². The first-order chi connectivity index (χ1) is 20.5. The van der Waals surface area contributed by atoms with Crippen LogP contribution in [0.4, 0.5) is 0 Å². The van der Waals surface area contributed by atoms with E-state index in [4.69, 9.17) is 0 Å². The molecule has 4 radical (unpaired) electrons. The van der Waals surface area contributed by atoms with Crippen LogP contribution in [0.5, 0.6) is 11.5 Å². The first-order valence-corrected chi connectivity index (χ1v) is 22.8. The topological polar surface area (TPSA) is 57.5 Å². The van der Waals surface area contributed by atoms with Crippen LogP contribution in [0.25, 0.3) is 0 Å². The van der Waals surface area contributed by atoms with Gasteiger partial charge in [0.25, 0.3) is 0 Å². The maximum Gasteiger partial charge on any atom is 0 e. The number of rotatable bonds is 22. The van der Waals surface area contributed by atoms with Crippen molar-refractivity contribution in [3.05, 3.63) is 59.7 Å². The average molecular weight is 808 g/mol. The second-order valence-corrected chi connectivity index (χ2v) is 17.7. The SMILES string of the molecule is CCCCCCCCCc1ccccc1O.CCCCCCCCCc1ccccc1O.CCC[CH2][Sn](=[O])[CH2]CCC.[Sn]. The van der Waals surface area contributed by atoms with E-state index in [0.29, 0.717) is 11.5 Å². The minimum atomic E-state index is -1.99. The summed E-state index contributed by atoms with van der Waals surface area (Å²) in [5, 5.41) is 19.2. The van der Waals surface area contributed by atoms with E-state index >= 15 is 0 Å². The van der Waals surface area contributed by atoms with Gasteiger partial charge in [0.05, 0.1) is 0 Å². The molecule has 2 rings (SSSR count). The van der Waals surface area contributed by atoms with E-state index in [-0.39, 0.29) is 23.9 Å². The number of aryl methyl sites for hydroxylation is 2. The van der Waals surface area contributed by atoms with Crippen molar-refractivity contribution in [2.45, 2.75) is 165 Å². The van der Waals surface area contributed by atoms with Gasteiger partial charge >= 0.3 is 71.2 Å². The van der Waals surface area contributed by atoms with Gasteiger partial charge in [0, 0.05) is 23.9 Å². The van der Waals surface area contributed by atoms with E-state index in [1.54, 1.807) is 12.1 Å². The molecule has 0 aliphatic heterocycles. The third-order valence-corrected chi connectivity index (χ3v) is 12.9. The summed E-state index contributed by atoms with van der Waals surface area (Å²) in [6.45, 7) is 8.82. The van der Waals surface area contributed by atoms with Crippen LogP contribution in [-0.4, -0.2) is 53.9 Å². The van der Waals surface area contributed by atoms with Crippen molar-refractivity contribution in [1.82, 2.24) is 0 Å². The summed E-state index contributed by atoms with van der Waals surface area (Å²) in [5.74, 6) is 0.905. The van der Waals surface area contributed by atoms with Crippen LogP contribution in [0.3, 0.4) is 0 Å². The molecule has 2 aromatic rings. The van der Waals surface area contributed by atoms with Crippen molar-refractivity contribution in [2.75, 3.05) is 0 Å². The Kier molecular flexibility index (Phi) is 35.6. The van der Waals surface area contributed by atoms with Gasteiger partial charge in [0.2, 0.25) is 0 Å². The molecular formula is C38H66O3Sn2. The molecule has 244 valence electrons. The number of phenolic OH excluding ortho intramolecular Hbond substituents is 2. The van der Waals surface area contributed by atoms with Crippen LogP contribution < -0.4 is 0 Å². The van der Waals surface area contributed by atoms with Gasteiger partial charge in [-0.3, -0.25) is 0 Å². The molecule has 0 amide bonds. The Morgan fingerprint density at radius 1 is 0.465 bits per heavy atom. The molecule has 0 bridgehead atoms. The number of unbranched alkanes of at least 4 members (excludes halogenated alkanes) is 14. The number of benzene rings is 2. The zero-order valence-corrected chi connectivity index (χ0v) is 34.2. The molecule has 0 saturated carbocycles. The fourth-order valence-corrected chi connectivity index (χ4v) is 9.85. The van der Waals surface area contributed by atoms with Crippen molar-refractivity contribution in [2.24, 2.45) is 0 Å². The third-order valence-electron chi connectivity index (χ3n) is 7.70. The van der Waals surface area contributed by atoms with Crippen LogP contribution in [-0.2, 0) is 15.9 Å². The predicted octanol–water partition coefficient (Wildman–Crippen LogP) is 12.0. The second kappa shape index (κ2) is 34.3. The Labute approximate surface area is 291 Å². The van der Waals surface area contributed by atoms with Crippen LogP contribution in [0, 0.1) is 0 Å². The Hall–Kier alpha value is -0.563. The van der Waals surface area contributed by atoms with Crippen molar-refractivity contribution in [3.8, 4) is 11.5 Å². The predicted molar refractivity (Wildman–Crippen MR) is 191 cm³/mol. The van der Waals surface area contributed by atoms with Crippen LogP contribution >= 0.6 is 0 Å². The summed E-state index contributed by atoms with van der Waals surface area (Å²) in [7, 11) is 0. The minimum absolute atomic E-state index is 0. The summed E-state index contributed by atoms with van der Waals surface area (Å²) < 4.78 is 13.4. The Balaban J connectivity index is 0. The van der Waals surface area contributed by atoms with Gasteiger partial charge in [-0.2, -0.15) is 0 Å². The molecule has 0 saturated heterocycles. The monoisotopic (exact) mass is 810 g/mol. The van der Waals surface area contributed by atoms with E-state index in [9.17, 15) is 13.3 Å². The van der Waals surface area contributed by atoms with Crippen LogP contribution in [0.2, 0.25) is 8.87 Å². The van der Waals surface area contributed by atoms with E-state index in [1.807, 2.05) is 36.4 Å². The van der Waals surface area contributed by atoms with Gasteiger partial charge < -0.3 is 10.2 Å². The van der Waals surface area contributed by atoms with Gasteiger partial charge in [-0.05, 0) is 48.9 Å². The third kappa shape index (κ3) is 28.6. The maximum absolute atomic E-state index is 11.2. The first-order valence-electron chi connectivity index (χ1n) is 17.5. The zero-order chi connectivity index (χ0) is 31.1. The van der Waals surface area contributed by atoms with Gasteiger partial charge in [-0.25, -0.2) is 0 Å². The molecule has 0 aromatic heterocycles. The number of hydrogen-bond acceptors (Lipinski definition) is 3. The van der Waals surface area contributed by atoms with Gasteiger partial charge in [0.1, 0.15) is 11.5 Å². The summed E-state index contributed by atoms with van der Waals surface area (Å²) in [5.41, 5.74) is 2.19. The quantitative estimate of drug-likeness (QED) is 0.0920. The number of phenols is 2. The fraction of sp³-hybridized carbons (Fsp3) is 0.684. The summed E-state index contributed by atoms with van der Waals surface area (Å²) in [6.07, 6.45) is 25.4. The second-order valence-electron chi connectivity index (χ2n) is 11.7. The van der Waals surface area contributed by atoms with Crippen LogP contribution in [0.15, 0.2) is 48.5 Å². The summed E-state index contributed by atoms with van der Waals surface area (Å²) >= 11 is -1.99. The van der Waals surface area contributed by atoms with Crippen molar-refractivity contribution < 1.29 is 13.3 Å². The smallest absolute Gasteiger partial charge is 0 e. The largest absolute Gasteiger partial charge is 0 e. The maximum atomic E-state index is 11.2. The molecule has 0 atom stereocenters. The fourth-order valence-electron chi connectivity index (χ4n) is 4.86. The summed E-state index contributed by atoms with van der Waals surface area (Å²) in [6, 6.07) is 15.3. The summed E-state index contributed by atoms with van der Waals surface area (Å²) in [4.78, 5) is 0. The number of para-hydroxylation sites is 2. The average Bonchev–Trinajstić information content (AvgIpc) is 3.00. The van der Waals surface area contributed by atoms with E-state index in [2.05, 4.69) is 27.7 Å². The number of hydrogen-bond donors (Lipinski definition) is 2. The Bertz CT molecular complexity index is 802. The molecule has 43 heavy (non-hydrogen) atoms. The molecule has 2 aromatic carbocycles. The van der Waals surface area contributed by atoms with E-state index < -0.39 is 19.7 Å². The van der Waals surface area contributed by atoms with E-state index in [1.165, 1.54) is 116 Å². The van der Waals surface area contributed by atoms with Gasteiger partial charge in [-0.15, -0.1) is 0 Å². The normalized spacial score (nSPS) is 10.1. The first kappa shape index (κ1) is 44.6. The standard InChI is InChI=1S/2C15H24O.2C4H9.O.2Sn/c2*1-2-3-4-5-6-7-8-11-14-12-9-10-13-15(14)16;2*1-3-4-2;;;/h2*9-10,12-13,16H,2-8,11H2,1H3;2*1,3-4H2,2H3;;;. The molecule has 0 unspecified atom stereocenters.